The van der Waals surface area contributed by atoms with Crippen LogP contribution in [0.1, 0.15) is 40.2 Å². The maximum atomic E-state index is 11.6. The van der Waals surface area contributed by atoms with Gasteiger partial charge in [0.15, 0.2) is 6.10 Å². The topological polar surface area (TPSA) is 50.4 Å². The molecule has 1 rings (SSSR count). The molecule has 0 aliphatic heterocycles. The van der Waals surface area contributed by atoms with E-state index >= 15 is 0 Å². The van der Waals surface area contributed by atoms with Gasteiger partial charge in [-0.2, -0.15) is 0 Å². The second-order valence-electron chi connectivity index (χ2n) is 6.02. The van der Waals surface area contributed by atoms with Gasteiger partial charge in [-0.05, 0) is 52.3 Å². The molecule has 5 heteroatoms. The molecule has 2 N–H and O–H groups in total. The number of nitrogens with one attached hydrogen (secondary N) is 2. The molecule has 0 saturated heterocycles. The largest absolute Gasteiger partial charge is 0.479 e. The lowest BCUT2D eigenvalue weighted by Gasteiger charge is -2.21. The quantitative estimate of drug-likeness (QED) is 0.848. The number of hydrogen-bond acceptors (Lipinski definition) is 3. The minimum atomic E-state index is -0.569. The van der Waals surface area contributed by atoms with Crippen molar-refractivity contribution in [3.05, 3.63) is 28.8 Å². The molecule has 1 aromatic carbocycles. The fraction of sp³-hybridized carbons (Fsp3) is 0.562. The van der Waals surface area contributed by atoms with Crippen molar-refractivity contribution in [2.45, 2.75) is 52.8 Å². The summed E-state index contributed by atoms with van der Waals surface area (Å²) in [4.78, 5) is 11.6. The zero-order valence-electron chi connectivity index (χ0n) is 13.4. The van der Waals surface area contributed by atoms with E-state index in [0.717, 1.165) is 12.1 Å². The van der Waals surface area contributed by atoms with Crippen molar-refractivity contribution in [3.8, 4) is 5.75 Å². The van der Waals surface area contributed by atoms with Crippen molar-refractivity contribution in [1.29, 1.82) is 0 Å². The van der Waals surface area contributed by atoms with E-state index in [1.807, 2.05) is 19.1 Å². The van der Waals surface area contributed by atoms with E-state index in [2.05, 4.69) is 31.4 Å². The van der Waals surface area contributed by atoms with E-state index < -0.39 is 6.10 Å². The summed E-state index contributed by atoms with van der Waals surface area (Å²) in [6, 6.07) is 5.61. The summed E-state index contributed by atoms with van der Waals surface area (Å²) in [6.45, 7) is 11.2. The highest BCUT2D eigenvalue weighted by atomic mass is 35.5. The van der Waals surface area contributed by atoms with Crippen molar-refractivity contribution in [2.75, 3.05) is 6.54 Å². The minimum Gasteiger partial charge on any atom is -0.479 e. The van der Waals surface area contributed by atoms with E-state index in [1.165, 1.54) is 0 Å². The normalized spacial score (nSPS) is 12.9. The van der Waals surface area contributed by atoms with E-state index in [9.17, 15) is 4.79 Å². The summed E-state index contributed by atoms with van der Waals surface area (Å²) in [6.07, 6.45) is -0.569. The molecule has 1 unspecified atom stereocenters. The minimum absolute atomic E-state index is 0.0500. The summed E-state index contributed by atoms with van der Waals surface area (Å²) in [5, 5.41) is 6.63. The molecule has 21 heavy (non-hydrogen) atoms. The Hall–Kier alpha value is -1.26. The lowest BCUT2D eigenvalue weighted by Crippen LogP contribution is -2.36. The maximum Gasteiger partial charge on any atom is 0.260 e. The molecular weight excluding hydrogens is 288 g/mol. The molecule has 1 amide bonds. The Kier molecular flexibility index (Phi) is 6.49. The lowest BCUT2D eigenvalue weighted by atomic mass is 10.1. The van der Waals surface area contributed by atoms with Crippen LogP contribution in [-0.4, -0.2) is 24.1 Å². The van der Waals surface area contributed by atoms with Crippen LogP contribution in [0.25, 0.3) is 0 Å². The average Bonchev–Trinajstić information content (AvgIpc) is 2.38. The molecule has 0 aromatic heterocycles. The first-order chi connectivity index (χ1) is 9.73. The number of hydrogen-bond donors (Lipinski definition) is 2. The fourth-order valence-electron chi connectivity index (χ4n) is 1.68. The molecule has 4 nitrogen and oxygen atoms in total. The van der Waals surface area contributed by atoms with Crippen molar-refractivity contribution >= 4 is 17.5 Å². The zero-order chi connectivity index (χ0) is 16.0. The molecule has 118 valence electrons. The molecule has 0 fully saturated rings. The molecule has 1 aromatic rings. The monoisotopic (exact) mass is 312 g/mol. The van der Waals surface area contributed by atoms with Crippen LogP contribution in [0.15, 0.2) is 18.2 Å². The number of carbonyl (C=O) groups is 1. The molecule has 0 aliphatic carbocycles. The number of likely N-dealkylation sites (N-methyl/N-ethyl adjacent to an activating group) is 1. The summed E-state index contributed by atoms with van der Waals surface area (Å²) in [7, 11) is 0. The number of amides is 1. The molecule has 0 spiro atoms. The fourth-order valence-corrected chi connectivity index (χ4v) is 1.93. The highest BCUT2D eigenvalue weighted by Crippen LogP contribution is 2.26. The third-order valence-corrected chi connectivity index (χ3v) is 3.14. The predicted octanol–water partition coefficient (Wildman–Crippen LogP) is 3.13. The first-order valence-corrected chi connectivity index (χ1v) is 7.58. The van der Waals surface area contributed by atoms with Crippen molar-refractivity contribution in [2.24, 2.45) is 0 Å². The Labute approximate surface area is 132 Å². The van der Waals surface area contributed by atoms with Gasteiger partial charge in [0.25, 0.3) is 5.91 Å². The first-order valence-electron chi connectivity index (χ1n) is 7.20. The SMILES string of the molecule is CCNC(=O)C(C)Oc1ccc(CNC(C)(C)C)cc1Cl. The van der Waals surface area contributed by atoms with Gasteiger partial charge in [-0.1, -0.05) is 17.7 Å². The number of carbonyl (C=O) groups excluding carboxylic acids is 1. The smallest absolute Gasteiger partial charge is 0.260 e. The van der Waals surface area contributed by atoms with Crippen molar-refractivity contribution in [1.82, 2.24) is 10.6 Å². The summed E-state index contributed by atoms with van der Waals surface area (Å²) < 4.78 is 5.60. The lowest BCUT2D eigenvalue weighted by molar-refractivity contribution is -0.127. The van der Waals surface area contributed by atoms with Crippen LogP contribution < -0.4 is 15.4 Å². The average molecular weight is 313 g/mol. The highest BCUT2D eigenvalue weighted by Gasteiger charge is 2.15. The van der Waals surface area contributed by atoms with E-state index in [4.69, 9.17) is 16.3 Å². The standard InChI is InChI=1S/C16H25ClN2O2/c1-6-18-15(20)11(2)21-14-8-7-12(9-13(14)17)10-19-16(3,4)5/h7-9,11,19H,6,10H2,1-5H3,(H,18,20). The third kappa shape index (κ3) is 6.36. The van der Waals surface area contributed by atoms with E-state index in [0.29, 0.717) is 17.3 Å². The van der Waals surface area contributed by atoms with Crippen molar-refractivity contribution in [3.63, 3.8) is 0 Å². The van der Waals surface area contributed by atoms with Crippen LogP contribution in [-0.2, 0) is 11.3 Å². The van der Waals surface area contributed by atoms with Gasteiger partial charge >= 0.3 is 0 Å². The maximum absolute atomic E-state index is 11.6. The second-order valence-corrected chi connectivity index (χ2v) is 6.43. The summed E-state index contributed by atoms with van der Waals surface area (Å²) in [5.41, 5.74) is 1.13. The van der Waals surface area contributed by atoms with Gasteiger partial charge in [0.05, 0.1) is 5.02 Å². The summed E-state index contributed by atoms with van der Waals surface area (Å²) >= 11 is 6.22. The predicted molar refractivity (Wildman–Crippen MR) is 86.8 cm³/mol. The van der Waals surface area contributed by atoms with Crippen LogP contribution >= 0.6 is 11.6 Å². The Bertz CT molecular complexity index is 484. The number of benzene rings is 1. The van der Waals surface area contributed by atoms with Crippen molar-refractivity contribution < 1.29 is 9.53 Å². The van der Waals surface area contributed by atoms with Crippen LogP contribution in [0.5, 0.6) is 5.75 Å². The van der Waals surface area contributed by atoms with Gasteiger partial charge in [0.1, 0.15) is 5.75 Å². The molecular formula is C16H25ClN2O2. The Morgan fingerprint density at radius 1 is 1.38 bits per heavy atom. The summed E-state index contributed by atoms with van der Waals surface area (Å²) in [5.74, 6) is 0.377. The van der Waals surface area contributed by atoms with E-state index in [1.54, 1.807) is 13.0 Å². The Morgan fingerprint density at radius 3 is 2.57 bits per heavy atom. The van der Waals surface area contributed by atoms with Crippen LogP contribution in [0.2, 0.25) is 5.02 Å². The van der Waals surface area contributed by atoms with Crippen LogP contribution in [0.4, 0.5) is 0 Å². The van der Waals surface area contributed by atoms with Gasteiger partial charge < -0.3 is 15.4 Å². The molecule has 1 atom stereocenters. The second kappa shape index (κ2) is 7.66. The van der Waals surface area contributed by atoms with E-state index in [-0.39, 0.29) is 11.4 Å². The zero-order valence-corrected chi connectivity index (χ0v) is 14.2. The first kappa shape index (κ1) is 17.8. The van der Waals surface area contributed by atoms with Crippen LogP contribution in [0, 0.1) is 0 Å². The van der Waals surface area contributed by atoms with Gasteiger partial charge in [0.2, 0.25) is 0 Å². The Balaban J connectivity index is 2.68. The van der Waals surface area contributed by atoms with Crippen LogP contribution in [0.3, 0.4) is 0 Å². The molecule has 0 radical (unpaired) electrons. The van der Waals surface area contributed by atoms with Gasteiger partial charge in [-0.15, -0.1) is 0 Å². The highest BCUT2D eigenvalue weighted by molar-refractivity contribution is 6.32. The molecule has 0 saturated carbocycles. The van der Waals surface area contributed by atoms with Gasteiger partial charge in [-0.3, -0.25) is 4.79 Å². The molecule has 0 aliphatic rings. The van der Waals surface area contributed by atoms with Gasteiger partial charge in [-0.25, -0.2) is 0 Å². The Morgan fingerprint density at radius 2 is 2.05 bits per heavy atom. The molecule has 0 bridgehead atoms. The third-order valence-electron chi connectivity index (χ3n) is 2.84. The van der Waals surface area contributed by atoms with Gasteiger partial charge in [0, 0.05) is 18.6 Å². The number of rotatable bonds is 6. The molecule has 0 heterocycles. The number of ether oxygens (including phenoxy) is 1. The number of halogens is 1.